The lowest BCUT2D eigenvalue weighted by atomic mass is 10.1. The van der Waals surface area contributed by atoms with Gasteiger partial charge in [0, 0.05) is 18.3 Å². The lowest BCUT2D eigenvalue weighted by Crippen LogP contribution is -2.30. The van der Waals surface area contributed by atoms with Crippen LogP contribution < -0.4 is 10.5 Å². The largest absolute Gasteiger partial charge is 0.479 e. The molecule has 166 valence electrons. The minimum absolute atomic E-state index is 0.0319. The second-order valence-corrected chi connectivity index (χ2v) is 7.32. The first-order valence-corrected chi connectivity index (χ1v) is 8.94. The van der Waals surface area contributed by atoms with Gasteiger partial charge < -0.3 is 15.0 Å². The van der Waals surface area contributed by atoms with Crippen molar-refractivity contribution in [1.82, 2.24) is 14.8 Å². The second kappa shape index (κ2) is 7.47. The monoisotopic (exact) mass is 444 g/mol. The summed E-state index contributed by atoms with van der Waals surface area (Å²) in [6, 6.07) is 7.90. The maximum atomic E-state index is 13.4. The van der Waals surface area contributed by atoms with Gasteiger partial charge in [-0.25, -0.2) is 0 Å². The van der Waals surface area contributed by atoms with Crippen LogP contribution in [0.2, 0.25) is 0 Å². The molecule has 0 fully saturated rings. The molecule has 11 heteroatoms. The van der Waals surface area contributed by atoms with Crippen LogP contribution in [0, 0.1) is 0 Å². The molecule has 1 aromatic heterocycles. The average molecular weight is 444 g/mol. The number of benzene rings is 2. The predicted octanol–water partition coefficient (Wildman–Crippen LogP) is 5.42. The van der Waals surface area contributed by atoms with Gasteiger partial charge in [0.05, 0.1) is 11.1 Å². The number of anilines is 1. The summed E-state index contributed by atoms with van der Waals surface area (Å²) in [4.78, 5) is 0. The first-order chi connectivity index (χ1) is 14.2. The molecule has 0 unspecified atom stereocenters. The molecule has 0 aliphatic rings. The minimum Gasteiger partial charge on any atom is -0.479 e. The van der Waals surface area contributed by atoms with Gasteiger partial charge in [-0.3, -0.25) is 0 Å². The number of hydrogen-bond acceptors (Lipinski definition) is 4. The molecule has 0 bridgehead atoms. The molecule has 2 aromatic carbocycles. The Bertz CT molecular complexity index is 1100. The normalized spacial score (nSPS) is 12.8. The third-order valence-electron chi connectivity index (χ3n) is 4.56. The van der Waals surface area contributed by atoms with Crippen molar-refractivity contribution in [2.24, 2.45) is 7.05 Å². The third-order valence-corrected chi connectivity index (χ3v) is 4.56. The minimum atomic E-state index is -4.72. The number of ether oxygens (including phenoxy) is 1. The molecule has 0 aliphatic carbocycles. The van der Waals surface area contributed by atoms with E-state index in [0.717, 1.165) is 18.2 Å². The summed E-state index contributed by atoms with van der Waals surface area (Å²) in [5, 5.41) is 7.75. The Morgan fingerprint density at radius 1 is 0.871 bits per heavy atom. The zero-order chi connectivity index (χ0) is 23.2. The van der Waals surface area contributed by atoms with Crippen LogP contribution in [0.4, 0.5) is 32.0 Å². The summed E-state index contributed by atoms with van der Waals surface area (Å²) in [6.45, 7) is 2.87. The highest BCUT2D eigenvalue weighted by Gasteiger charge is 2.39. The number of aromatic nitrogens is 3. The molecule has 2 N–H and O–H groups in total. The van der Waals surface area contributed by atoms with Crippen LogP contribution >= 0.6 is 0 Å². The Kier molecular flexibility index (Phi) is 5.41. The fourth-order valence-corrected chi connectivity index (χ4v) is 3.19. The lowest BCUT2D eigenvalue weighted by Gasteiger charge is -2.27. The highest BCUT2D eigenvalue weighted by atomic mass is 19.4. The molecular weight excluding hydrogens is 426 g/mol. The number of rotatable bonds is 4. The molecule has 3 aromatic rings. The Morgan fingerprint density at radius 2 is 1.48 bits per heavy atom. The van der Waals surface area contributed by atoms with E-state index in [1.165, 1.54) is 49.7 Å². The maximum Gasteiger partial charge on any atom is 0.420 e. The van der Waals surface area contributed by atoms with Crippen molar-refractivity contribution < 1.29 is 31.1 Å². The van der Waals surface area contributed by atoms with Crippen LogP contribution in [0.25, 0.3) is 11.4 Å². The number of nitrogens with two attached hydrogens (primary N) is 1. The predicted molar refractivity (Wildman–Crippen MR) is 101 cm³/mol. The molecule has 1 heterocycles. The molecule has 3 rings (SSSR count). The van der Waals surface area contributed by atoms with Gasteiger partial charge in [-0.05, 0) is 38.1 Å². The van der Waals surface area contributed by atoms with E-state index in [0.29, 0.717) is 0 Å². The second-order valence-electron chi connectivity index (χ2n) is 7.32. The summed E-state index contributed by atoms with van der Waals surface area (Å²) in [7, 11) is 1.41. The Labute approximate surface area is 173 Å². The van der Waals surface area contributed by atoms with Crippen molar-refractivity contribution in [2.45, 2.75) is 31.8 Å². The van der Waals surface area contributed by atoms with Gasteiger partial charge in [0.15, 0.2) is 17.2 Å². The standard InChI is InChI=1S/C20H18F6N4O/c1-18(2,31-15-9-8-11(27)10-14(15)20(24,25)26)17-29-28-16(30(17)3)12-6-4-5-7-13(12)19(21,22)23/h4-10H,27H2,1-3H3. The molecule has 5 nitrogen and oxygen atoms in total. The number of hydrogen-bond donors (Lipinski definition) is 1. The van der Waals surface area contributed by atoms with E-state index < -0.39 is 34.8 Å². The van der Waals surface area contributed by atoms with Crippen LogP contribution in [-0.2, 0) is 25.0 Å². The van der Waals surface area contributed by atoms with Crippen molar-refractivity contribution in [2.75, 3.05) is 5.73 Å². The molecule has 0 aliphatic heterocycles. The van der Waals surface area contributed by atoms with Gasteiger partial charge in [0.2, 0.25) is 0 Å². The zero-order valence-corrected chi connectivity index (χ0v) is 16.6. The van der Waals surface area contributed by atoms with Crippen LogP contribution in [0.1, 0.15) is 30.8 Å². The third kappa shape index (κ3) is 4.44. The Morgan fingerprint density at radius 3 is 2.10 bits per heavy atom. The number of alkyl halides is 6. The van der Waals surface area contributed by atoms with Gasteiger partial charge >= 0.3 is 12.4 Å². The summed E-state index contributed by atoms with van der Waals surface area (Å²) < 4.78 is 87.2. The highest BCUT2D eigenvalue weighted by molar-refractivity contribution is 5.61. The van der Waals surface area contributed by atoms with Crippen molar-refractivity contribution in [3.8, 4) is 17.1 Å². The summed E-state index contributed by atoms with van der Waals surface area (Å²) in [6.07, 6.45) is -9.35. The van der Waals surface area contributed by atoms with Gasteiger partial charge in [-0.1, -0.05) is 18.2 Å². The molecule has 31 heavy (non-hydrogen) atoms. The summed E-state index contributed by atoms with van der Waals surface area (Å²) in [5.41, 5.74) is 1.70. The molecule has 0 radical (unpaired) electrons. The molecule has 0 spiro atoms. The van der Waals surface area contributed by atoms with E-state index in [9.17, 15) is 26.3 Å². The average Bonchev–Trinajstić information content (AvgIpc) is 3.04. The zero-order valence-electron chi connectivity index (χ0n) is 16.6. The Balaban J connectivity index is 2.04. The van der Waals surface area contributed by atoms with E-state index in [-0.39, 0.29) is 22.9 Å². The van der Waals surface area contributed by atoms with Gasteiger partial charge in [-0.2, -0.15) is 26.3 Å². The van der Waals surface area contributed by atoms with Gasteiger partial charge in [0.25, 0.3) is 0 Å². The molecule has 0 saturated heterocycles. The van der Waals surface area contributed by atoms with E-state index in [1.807, 2.05) is 0 Å². The van der Waals surface area contributed by atoms with E-state index in [4.69, 9.17) is 10.5 Å². The molecule has 0 atom stereocenters. The van der Waals surface area contributed by atoms with Gasteiger partial charge in [-0.15, -0.1) is 10.2 Å². The van der Waals surface area contributed by atoms with Crippen molar-refractivity contribution in [3.63, 3.8) is 0 Å². The molecule has 0 amide bonds. The first-order valence-electron chi connectivity index (χ1n) is 8.94. The SMILES string of the molecule is Cn1c(-c2ccccc2C(F)(F)F)nnc1C(C)(C)Oc1ccc(N)cc1C(F)(F)F. The number of halogens is 6. The maximum absolute atomic E-state index is 13.4. The van der Waals surface area contributed by atoms with E-state index in [1.54, 1.807) is 0 Å². The molecule has 0 saturated carbocycles. The fourth-order valence-electron chi connectivity index (χ4n) is 3.19. The van der Waals surface area contributed by atoms with E-state index in [2.05, 4.69) is 10.2 Å². The highest BCUT2D eigenvalue weighted by Crippen LogP contribution is 2.41. The quantitative estimate of drug-likeness (QED) is 0.431. The van der Waals surface area contributed by atoms with E-state index >= 15 is 0 Å². The summed E-state index contributed by atoms with van der Waals surface area (Å²) >= 11 is 0. The topological polar surface area (TPSA) is 66.0 Å². The first kappa shape index (κ1) is 22.4. The number of nitrogen functional groups attached to an aromatic ring is 1. The smallest absolute Gasteiger partial charge is 0.420 e. The van der Waals surface area contributed by atoms with Crippen LogP contribution in [-0.4, -0.2) is 14.8 Å². The number of nitrogens with zero attached hydrogens (tertiary/aromatic N) is 3. The Hall–Kier alpha value is -3.24. The van der Waals surface area contributed by atoms with Crippen molar-refractivity contribution >= 4 is 5.69 Å². The van der Waals surface area contributed by atoms with Crippen molar-refractivity contribution in [3.05, 3.63) is 59.4 Å². The van der Waals surface area contributed by atoms with Gasteiger partial charge in [0.1, 0.15) is 5.75 Å². The van der Waals surface area contributed by atoms with Crippen LogP contribution in [0.5, 0.6) is 5.75 Å². The van der Waals surface area contributed by atoms with Crippen LogP contribution in [0.3, 0.4) is 0 Å². The van der Waals surface area contributed by atoms with Crippen molar-refractivity contribution in [1.29, 1.82) is 0 Å². The fraction of sp³-hybridized carbons (Fsp3) is 0.300. The molecular formula is C20H18F6N4O. The lowest BCUT2D eigenvalue weighted by molar-refractivity contribution is -0.140. The summed E-state index contributed by atoms with van der Waals surface area (Å²) in [5.74, 6) is -0.565. The van der Waals surface area contributed by atoms with Crippen LogP contribution in [0.15, 0.2) is 42.5 Å².